The second-order valence-electron chi connectivity index (χ2n) is 6.23. The molecule has 0 aliphatic carbocycles. The largest absolute Gasteiger partial charge is 0.385 e. The molecule has 2 unspecified atom stereocenters. The van der Waals surface area contributed by atoms with E-state index in [4.69, 9.17) is 0 Å². The van der Waals surface area contributed by atoms with E-state index in [1.54, 1.807) is 0 Å². The molecule has 0 saturated carbocycles. The molecule has 2 aliphatic heterocycles. The third-order valence-corrected chi connectivity index (χ3v) is 5.03. The van der Waals surface area contributed by atoms with E-state index in [1.807, 2.05) is 18.3 Å². The van der Waals surface area contributed by atoms with E-state index in [1.165, 1.54) is 19.4 Å². The van der Waals surface area contributed by atoms with Crippen molar-refractivity contribution in [3.63, 3.8) is 0 Å². The molecule has 0 spiro atoms. The molecule has 20 heavy (non-hydrogen) atoms. The molecule has 0 bridgehead atoms. The van der Waals surface area contributed by atoms with E-state index in [9.17, 15) is 5.11 Å². The van der Waals surface area contributed by atoms with Crippen molar-refractivity contribution in [1.29, 1.82) is 0 Å². The van der Waals surface area contributed by atoms with Crippen molar-refractivity contribution in [2.75, 3.05) is 13.1 Å². The van der Waals surface area contributed by atoms with Crippen LogP contribution in [0.5, 0.6) is 0 Å². The number of benzene rings is 1. The Bertz CT molecular complexity index is 642. The van der Waals surface area contributed by atoms with E-state index >= 15 is 0 Å². The fraction of sp³-hybridized carbons (Fsp3) is 0.471. The lowest BCUT2D eigenvalue weighted by molar-refractivity contribution is -0.0408. The molecule has 2 fully saturated rings. The minimum Gasteiger partial charge on any atom is -0.385 e. The summed E-state index contributed by atoms with van der Waals surface area (Å²) in [6.45, 7) is 2.23. The van der Waals surface area contributed by atoms with Crippen molar-refractivity contribution < 1.29 is 5.11 Å². The van der Waals surface area contributed by atoms with Crippen LogP contribution in [-0.4, -0.2) is 34.1 Å². The van der Waals surface area contributed by atoms with Gasteiger partial charge in [0.25, 0.3) is 0 Å². The van der Waals surface area contributed by atoms with Gasteiger partial charge in [0.2, 0.25) is 0 Å². The maximum Gasteiger partial charge on any atom is 0.0923 e. The zero-order valence-corrected chi connectivity index (χ0v) is 11.6. The number of rotatable bonds is 1. The first-order valence-corrected chi connectivity index (χ1v) is 7.56. The molecule has 1 aromatic heterocycles. The summed E-state index contributed by atoms with van der Waals surface area (Å²) in [4.78, 5) is 6.89. The second kappa shape index (κ2) is 4.54. The summed E-state index contributed by atoms with van der Waals surface area (Å²) >= 11 is 0. The molecule has 3 heteroatoms. The Balaban J connectivity index is 1.70. The van der Waals surface area contributed by atoms with Gasteiger partial charge in [-0.25, -0.2) is 0 Å². The number of piperidine rings is 1. The molecule has 2 aliphatic rings. The first kappa shape index (κ1) is 12.3. The van der Waals surface area contributed by atoms with Crippen LogP contribution in [0.15, 0.2) is 36.5 Å². The van der Waals surface area contributed by atoms with Gasteiger partial charge in [0.1, 0.15) is 0 Å². The fourth-order valence-electron chi connectivity index (χ4n) is 3.87. The summed E-state index contributed by atoms with van der Waals surface area (Å²) in [6.07, 6.45) is 6.04. The predicted octanol–water partition coefficient (Wildman–Crippen LogP) is 2.68. The number of aliphatic hydroxyl groups is 1. The maximum atomic E-state index is 11.1. The Labute approximate surface area is 119 Å². The highest BCUT2D eigenvalue weighted by Gasteiger charge is 2.41. The number of nitrogens with zero attached hydrogens (tertiary/aromatic N) is 2. The topological polar surface area (TPSA) is 36.4 Å². The summed E-state index contributed by atoms with van der Waals surface area (Å²) < 4.78 is 0. The molecule has 2 aromatic rings. The molecular weight excluding hydrogens is 248 g/mol. The Hall–Kier alpha value is -1.45. The third-order valence-electron chi connectivity index (χ3n) is 5.03. The van der Waals surface area contributed by atoms with Gasteiger partial charge in [0.15, 0.2) is 0 Å². The van der Waals surface area contributed by atoms with Gasteiger partial charge in [-0.3, -0.25) is 4.98 Å². The number of hydrogen-bond donors (Lipinski definition) is 1. The van der Waals surface area contributed by atoms with Crippen molar-refractivity contribution >= 4 is 10.9 Å². The van der Waals surface area contributed by atoms with Crippen molar-refractivity contribution in [2.24, 2.45) is 0 Å². The molecular formula is C17H20N2O. The van der Waals surface area contributed by atoms with Gasteiger partial charge >= 0.3 is 0 Å². The summed E-state index contributed by atoms with van der Waals surface area (Å²) in [6, 6.07) is 10.8. The Morgan fingerprint density at radius 1 is 1.25 bits per heavy atom. The zero-order chi connectivity index (χ0) is 13.6. The number of pyridine rings is 1. The second-order valence-corrected chi connectivity index (χ2v) is 6.23. The monoisotopic (exact) mass is 268 g/mol. The average molecular weight is 268 g/mol. The molecule has 1 N–H and O–H groups in total. The van der Waals surface area contributed by atoms with Crippen LogP contribution in [0.4, 0.5) is 0 Å². The highest BCUT2D eigenvalue weighted by atomic mass is 16.3. The summed E-state index contributed by atoms with van der Waals surface area (Å²) in [7, 11) is 0. The van der Waals surface area contributed by atoms with Gasteiger partial charge < -0.3 is 10.0 Å². The Kier molecular flexibility index (Phi) is 2.79. The van der Waals surface area contributed by atoms with E-state index in [0.29, 0.717) is 6.04 Å². The normalized spacial score (nSPS) is 30.6. The molecule has 0 radical (unpaired) electrons. The molecule has 2 atom stereocenters. The quantitative estimate of drug-likeness (QED) is 0.864. The summed E-state index contributed by atoms with van der Waals surface area (Å²) in [5, 5.41) is 12.2. The van der Waals surface area contributed by atoms with Crippen LogP contribution in [0.3, 0.4) is 0 Å². The van der Waals surface area contributed by atoms with E-state index in [-0.39, 0.29) is 0 Å². The lowest BCUT2D eigenvalue weighted by atomic mass is 9.80. The van der Waals surface area contributed by atoms with Gasteiger partial charge in [0.05, 0.1) is 11.1 Å². The number of aromatic nitrogens is 1. The molecule has 3 nitrogen and oxygen atoms in total. The van der Waals surface area contributed by atoms with Crippen LogP contribution in [-0.2, 0) is 5.60 Å². The molecule has 2 saturated heterocycles. The standard InChI is InChI=1S/C17H20N2O/c20-17(7-10-19-9-2-4-15(19)12-17)14-5-6-16-13(11-14)3-1-8-18-16/h1,3,5-6,8,11,15,20H,2,4,7,9-10,12H2. The average Bonchev–Trinajstić information content (AvgIpc) is 2.94. The SMILES string of the molecule is OC1(c2ccc3ncccc3c2)CCN2CCCC2C1. The zero-order valence-electron chi connectivity index (χ0n) is 11.6. The molecule has 3 heterocycles. The Morgan fingerprint density at radius 2 is 2.20 bits per heavy atom. The first-order valence-electron chi connectivity index (χ1n) is 7.56. The van der Waals surface area contributed by atoms with Crippen molar-refractivity contribution in [3.05, 3.63) is 42.1 Å². The number of fused-ring (bicyclic) bond motifs is 2. The minimum atomic E-state index is -0.657. The van der Waals surface area contributed by atoms with Crippen LogP contribution in [0.1, 0.15) is 31.2 Å². The van der Waals surface area contributed by atoms with Crippen LogP contribution in [0, 0.1) is 0 Å². The van der Waals surface area contributed by atoms with Gasteiger partial charge in [-0.1, -0.05) is 12.1 Å². The van der Waals surface area contributed by atoms with Crippen LogP contribution in [0.2, 0.25) is 0 Å². The highest BCUT2D eigenvalue weighted by Crippen LogP contribution is 2.40. The molecule has 4 rings (SSSR count). The van der Waals surface area contributed by atoms with Crippen molar-refractivity contribution in [1.82, 2.24) is 9.88 Å². The third kappa shape index (κ3) is 1.93. The van der Waals surface area contributed by atoms with Crippen molar-refractivity contribution in [2.45, 2.75) is 37.3 Å². The predicted molar refractivity (Wildman–Crippen MR) is 79.5 cm³/mol. The molecule has 1 aromatic carbocycles. The van der Waals surface area contributed by atoms with Crippen LogP contribution in [0.25, 0.3) is 10.9 Å². The molecule has 0 amide bonds. The maximum absolute atomic E-state index is 11.1. The van der Waals surface area contributed by atoms with Crippen LogP contribution < -0.4 is 0 Å². The Morgan fingerprint density at radius 3 is 3.15 bits per heavy atom. The lowest BCUT2D eigenvalue weighted by Crippen LogP contribution is -2.45. The fourth-order valence-corrected chi connectivity index (χ4v) is 3.87. The van der Waals surface area contributed by atoms with Gasteiger partial charge in [0, 0.05) is 24.2 Å². The lowest BCUT2D eigenvalue weighted by Gasteiger charge is -2.41. The van der Waals surface area contributed by atoms with E-state index in [0.717, 1.165) is 35.9 Å². The van der Waals surface area contributed by atoms with Crippen LogP contribution >= 0.6 is 0 Å². The molecule has 104 valence electrons. The van der Waals surface area contributed by atoms with Gasteiger partial charge in [-0.05, 0) is 56.0 Å². The van der Waals surface area contributed by atoms with Gasteiger partial charge in [-0.2, -0.15) is 0 Å². The summed E-state index contributed by atoms with van der Waals surface area (Å²) in [5.74, 6) is 0. The number of hydrogen-bond acceptors (Lipinski definition) is 3. The first-order chi connectivity index (χ1) is 9.74. The van der Waals surface area contributed by atoms with E-state index in [2.05, 4.69) is 28.1 Å². The van der Waals surface area contributed by atoms with Gasteiger partial charge in [-0.15, -0.1) is 0 Å². The highest BCUT2D eigenvalue weighted by molar-refractivity contribution is 5.79. The minimum absolute atomic E-state index is 0.568. The summed E-state index contributed by atoms with van der Waals surface area (Å²) in [5.41, 5.74) is 1.40. The van der Waals surface area contributed by atoms with Crippen molar-refractivity contribution in [3.8, 4) is 0 Å². The smallest absolute Gasteiger partial charge is 0.0923 e. The van der Waals surface area contributed by atoms with E-state index < -0.39 is 5.60 Å².